The van der Waals surface area contributed by atoms with Crippen LogP contribution in [0.5, 0.6) is 0 Å². The number of aromatic nitrogens is 2. The van der Waals surface area contributed by atoms with Crippen molar-refractivity contribution in [2.75, 3.05) is 30.9 Å². The quantitative estimate of drug-likeness (QED) is 0.530. The molecule has 0 saturated heterocycles. The van der Waals surface area contributed by atoms with Gasteiger partial charge < -0.3 is 15.4 Å². The third kappa shape index (κ3) is 5.86. The highest BCUT2D eigenvalue weighted by Gasteiger charge is 2.13. The van der Waals surface area contributed by atoms with Crippen LogP contribution in [-0.2, 0) is 11.2 Å². The molecule has 6 nitrogen and oxygen atoms in total. The van der Waals surface area contributed by atoms with E-state index in [9.17, 15) is 4.79 Å². The van der Waals surface area contributed by atoms with Crippen LogP contribution in [0.2, 0.25) is 0 Å². The highest BCUT2D eigenvalue weighted by Crippen LogP contribution is 2.19. The second-order valence-electron chi connectivity index (χ2n) is 6.61. The molecule has 3 aromatic rings. The largest absolute Gasteiger partial charge is 0.385 e. The summed E-state index contributed by atoms with van der Waals surface area (Å²) in [6.07, 6.45) is 1.80. The number of methoxy groups -OCH3 is 1. The van der Waals surface area contributed by atoms with Gasteiger partial charge in [-0.3, -0.25) is 4.79 Å². The van der Waals surface area contributed by atoms with E-state index < -0.39 is 0 Å². The minimum atomic E-state index is -0.270. The number of hydrogen-bond acceptors (Lipinski definition) is 5. The second kappa shape index (κ2) is 10.3. The van der Waals surface area contributed by atoms with Crippen molar-refractivity contribution in [2.24, 2.45) is 0 Å². The Balaban J connectivity index is 1.83. The van der Waals surface area contributed by atoms with Gasteiger partial charge >= 0.3 is 0 Å². The van der Waals surface area contributed by atoms with E-state index in [0.717, 1.165) is 24.1 Å². The first-order chi connectivity index (χ1) is 14.2. The minimum absolute atomic E-state index is 0.270. The number of nitrogens with zero attached hydrogens (tertiary/aromatic N) is 2. The maximum atomic E-state index is 12.8. The van der Waals surface area contributed by atoms with Gasteiger partial charge in [-0.25, -0.2) is 9.97 Å². The zero-order valence-corrected chi connectivity index (χ0v) is 16.8. The van der Waals surface area contributed by atoms with Crippen molar-refractivity contribution in [3.63, 3.8) is 0 Å². The van der Waals surface area contributed by atoms with Crippen molar-refractivity contribution in [1.29, 1.82) is 0 Å². The molecule has 3 rings (SSSR count). The summed E-state index contributed by atoms with van der Waals surface area (Å²) < 4.78 is 5.08. The number of ether oxygens (including phenoxy) is 1. The summed E-state index contributed by atoms with van der Waals surface area (Å²) >= 11 is 0. The Kier molecular flexibility index (Phi) is 7.30. The second-order valence-corrected chi connectivity index (χ2v) is 6.61. The average Bonchev–Trinajstić information content (AvgIpc) is 2.77. The van der Waals surface area contributed by atoms with E-state index in [4.69, 9.17) is 4.74 Å². The first-order valence-electron chi connectivity index (χ1n) is 9.77. The van der Waals surface area contributed by atoms with Crippen molar-refractivity contribution in [3.05, 3.63) is 71.9 Å². The molecule has 0 radical (unpaired) electrons. The van der Waals surface area contributed by atoms with Gasteiger partial charge in [-0.15, -0.1) is 0 Å². The van der Waals surface area contributed by atoms with Crippen LogP contribution in [0, 0.1) is 0 Å². The number of benzene rings is 2. The molecule has 1 aromatic heterocycles. The molecule has 29 heavy (non-hydrogen) atoms. The molecule has 0 unspecified atom stereocenters. The molecule has 0 bridgehead atoms. The van der Waals surface area contributed by atoms with E-state index >= 15 is 0 Å². The summed E-state index contributed by atoms with van der Waals surface area (Å²) in [4.78, 5) is 21.9. The minimum Gasteiger partial charge on any atom is -0.385 e. The molecule has 0 fully saturated rings. The number of aryl methyl sites for hydroxylation is 1. The van der Waals surface area contributed by atoms with Gasteiger partial charge in [0.15, 0.2) is 5.82 Å². The summed E-state index contributed by atoms with van der Waals surface area (Å²) in [5, 5.41) is 6.17. The third-order valence-electron chi connectivity index (χ3n) is 4.44. The maximum Gasteiger partial charge on any atom is 0.274 e. The number of hydrogen-bond donors (Lipinski definition) is 2. The highest BCUT2D eigenvalue weighted by atomic mass is 16.5. The molecule has 0 aliphatic rings. The lowest BCUT2D eigenvalue weighted by atomic mass is 10.1. The van der Waals surface area contributed by atoms with Crippen molar-refractivity contribution in [2.45, 2.75) is 19.8 Å². The van der Waals surface area contributed by atoms with Gasteiger partial charge in [0.05, 0.1) is 0 Å². The van der Waals surface area contributed by atoms with Crippen molar-refractivity contribution in [3.8, 4) is 11.4 Å². The first kappa shape index (κ1) is 20.5. The van der Waals surface area contributed by atoms with Gasteiger partial charge in [-0.2, -0.15) is 0 Å². The third-order valence-corrected chi connectivity index (χ3v) is 4.44. The SMILES string of the molecule is CCc1ccc(NC(=O)c2cc(NCCCOC)nc(-c3ccccc3)n2)cc1. The first-order valence-corrected chi connectivity index (χ1v) is 9.77. The van der Waals surface area contributed by atoms with Gasteiger partial charge in [0.2, 0.25) is 0 Å². The van der Waals surface area contributed by atoms with E-state index in [2.05, 4.69) is 27.5 Å². The van der Waals surface area contributed by atoms with Crippen molar-refractivity contribution < 1.29 is 9.53 Å². The van der Waals surface area contributed by atoms with E-state index in [1.807, 2.05) is 54.6 Å². The molecule has 2 aromatic carbocycles. The van der Waals surface area contributed by atoms with Gasteiger partial charge in [-0.1, -0.05) is 49.4 Å². The molecule has 0 spiro atoms. The Hall–Kier alpha value is -3.25. The monoisotopic (exact) mass is 390 g/mol. The molecule has 1 amide bonds. The van der Waals surface area contributed by atoms with Crippen LogP contribution in [0.3, 0.4) is 0 Å². The fraction of sp³-hybridized carbons (Fsp3) is 0.261. The van der Waals surface area contributed by atoms with Crippen LogP contribution >= 0.6 is 0 Å². The zero-order valence-electron chi connectivity index (χ0n) is 16.8. The van der Waals surface area contributed by atoms with Crippen LogP contribution in [-0.4, -0.2) is 36.1 Å². The van der Waals surface area contributed by atoms with Crippen molar-refractivity contribution in [1.82, 2.24) is 9.97 Å². The number of rotatable bonds is 9. The lowest BCUT2D eigenvalue weighted by Crippen LogP contribution is -2.16. The normalized spacial score (nSPS) is 10.6. The Labute approximate surface area is 171 Å². The molecule has 0 saturated carbocycles. The lowest BCUT2D eigenvalue weighted by Gasteiger charge is -2.11. The zero-order chi connectivity index (χ0) is 20.5. The Morgan fingerprint density at radius 3 is 2.48 bits per heavy atom. The van der Waals surface area contributed by atoms with Crippen LogP contribution < -0.4 is 10.6 Å². The molecule has 1 heterocycles. The fourth-order valence-corrected chi connectivity index (χ4v) is 2.82. The highest BCUT2D eigenvalue weighted by molar-refractivity contribution is 6.03. The lowest BCUT2D eigenvalue weighted by molar-refractivity contribution is 0.102. The summed E-state index contributed by atoms with van der Waals surface area (Å²) in [6, 6.07) is 19.1. The molecule has 0 aliphatic heterocycles. The molecule has 150 valence electrons. The Morgan fingerprint density at radius 1 is 1.03 bits per heavy atom. The van der Waals surface area contributed by atoms with Crippen molar-refractivity contribution >= 4 is 17.4 Å². The number of carbonyl (C=O) groups excluding carboxylic acids is 1. The van der Waals surface area contributed by atoms with E-state index in [0.29, 0.717) is 30.5 Å². The van der Waals surface area contributed by atoms with Crippen LogP contribution in [0.4, 0.5) is 11.5 Å². The number of anilines is 2. The summed E-state index contributed by atoms with van der Waals surface area (Å²) in [5.74, 6) is 0.851. The predicted octanol–water partition coefficient (Wildman–Crippen LogP) is 4.41. The van der Waals surface area contributed by atoms with Gasteiger partial charge in [0.25, 0.3) is 5.91 Å². The molecule has 0 aliphatic carbocycles. The average molecular weight is 390 g/mol. The van der Waals surface area contributed by atoms with Gasteiger partial charge in [-0.05, 0) is 30.5 Å². The Morgan fingerprint density at radius 2 is 1.79 bits per heavy atom. The molecule has 0 atom stereocenters. The molecular weight excluding hydrogens is 364 g/mol. The molecule has 6 heteroatoms. The number of nitrogens with one attached hydrogen (secondary N) is 2. The van der Waals surface area contributed by atoms with Gasteiger partial charge in [0.1, 0.15) is 11.5 Å². The van der Waals surface area contributed by atoms with Gasteiger partial charge in [0, 0.05) is 37.6 Å². The summed E-state index contributed by atoms with van der Waals surface area (Å²) in [6.45, 7) is 3.45. The Bertz CT molecular complexity index is 927. The smallest absolute Gasteiger partial charge is 0.274 e. The summed E-state index contributed by atoms with van der Waals surface area (Å²) in [5.41, 5.74) is 3.13. The predicted molar refractivity (Wildman–Crippen MR) is 116 cm³/mol. The van der Waals surface area contributed by atoms with Crippen LogP contribution in [0.15, 0.2) is 60.7 Å². The topological polar surface area (TPSA) is 76.1 Å². The molecule has 2 N–H and O–H groups in total. The van der Waals surface area contributed by atoms with E-state index in [1.165, 1.54) is 5.56 Å². The standard InChI is InChI=1S/C23H26N4O2/c1-3-17-10-12-19(13-11-17)25-23(28)20-16-21(24-14-7-15-29-2)27-22(26-20)18-8-5-4-6-9-18/h4-6,8-13,16H,3,7,14-15H2,1-2H3,(H,25,28)(H,24,26,27). The molecular formula is C23H26N4O2. The maximum absolute atomic E-state index is 12.8. The van der Waals surface area contributed by atoms with Crippen LogP contribution in [0.1, 0.15) is 29.4 Å². The number of amides is 1. The summed E-state index contributed by atoms with van der Waals surface area (Å²) in [7, 11) is 1.67. The van der Waals surface area contributed by atoms with Crippen LogP contribution in [0.25, 0.3) is 11.4 Å². The van der Waals surface area contributed by atoms with E-state index in [-0.39, 0.29) is 5.91 Å². The fourth-order valence-electron chi connectivity index (χ4n) is 2.82. The number of carbonyl (C=O) groups is 1. The van der Waals surface area contributed by atoms with E-state index in [1.54, 1.807) is 13.2 Å².